The average Bonchev–Trinajstić information content (AvgIpc) is 2.98. The Morgan fingerprint density at radius 3 is 2.94 bits per heavy atom. The van der Waals surface area contributed by atoms with E-state index in [-0.39, 0.29) is 0 Å². The Labute approximate surface area is 108 Å². The molecule has 0 atom stereocenters. The first-order valence-corrected chi connectivity index (χ1v) is 7.42. The summed E-state index contributed by atoms with van der Waals surface area (Å²) in [7, 11) is 0. The molecule has 0 amide bonds. The van der Waals surface area contributed by atoms with E-state index < -0.39 is 0 Å². The zero-order chi connectivity index (χ0) is 11.8. The number of thiazole rings is 1. The van der Waals surface area contributed by atoms with E-state index in [0.717, 1.165) is 11.3 Å². The van der Waals surface area contributed by atoms with Crippen LogP contribution in [0.2, 0.25) is 0 Å². The number of thioether (sulfide) groups is 1. The van der Waals surface area contributed by atoms with Crippen LogP contribution in [0.4, 0.5) is 0 Å². The highest BCUT2D eigenvalue weighted by molar-refractivity contribution is 7.98. The molecule has 2 nitrogen and oxygen atoms in total. The SMILES string of the molecule is CSc1cc(-c2ccco2)cc2scc(C)[n+]12. The topological polar surface area (TPSA) is 17.2 Å². The van der Waals surface area contributed by atoms with Crippen molar-refractivity contribution in [1.82, 2.24) is 0 Å². The highest BCUT2D eigenvalue weighted by Crippen LogP contribution is 2.26. The Morgan fingerprint density at radius 1 is 1.35 bits per heavy atom. The minimum atomic E-state index is 0.925. The molecule has 0 saturated heterocycles. The summed E-state index contributed by atoms with van der Waals surface area (Å²) in [5, 5.41) is 3.42. The average molecular weight is 262 g/mol. The van der Waals surface area contributed by atoms with Gasteiger partial charge in [0, 0.05) is 24.6 Å². The van der Waals surface area contributed by atoms with Gasteiger partial charge in [0.05, 0.1) is 11.6 Å². The molecule has 0 fully saturated rings. The highest BCUT2D eigenvalue weighted by Gasteiger charge is 2.18. The van der Waals surface area contributed by atoms with Crippen molar-refractivity contribution in [3.05, 3.63) is 41.6 Å². The van der Waals surface area contributed by atoms with Gasteiger partial charge in [-0.3, -0.25) is 0 Å². The van der Waals surface area contributed by atoms with E-state index in [0.29, 0.717) is 0 Å². The van der Waals surface area contributed by atoms with Gasteiger partial charge in [-0.25, -0.2) is 0 Å². The van der Waals surface area contributed by atoms with Crippen LogP contribution in [0.1, 0.15) is 5.69 Å². The summed E-state index contributed by atoms with van der Waals surface area (Å²) in [4.78, 5) is 1.25. The summed E-state index contributed by atoms with van der Waals surface area (Å²) in [6.45, 7) is 2.13. The zero-order valence-electron chi connectivity index (χ0n) is 9.64. The molecule has 86 valence electrons. The standard InChI is InChI=1S/C13H12NOS2/c1-9-8-17-13-7-10(11-4-3-5-15-11)6-12(16-2)14(9)13/h3-8H,1-2H3/q+1. The molecule has 0 bridgehead atoms. The highest BCUT2D eigenvalue weighted by atomic mass is 32.2. The quantitative estimate of drug-likeness (QED) is 0.516. The van der Waals surface area contributed by atoms with Gasteiger partial charge in [0.1, 0.15) is 5.76 Å². The molecule has 0 saturated carbocycles. The first-order chi connectivity index (χ1) is 8.29. The maximum Gasteiger partial charge on any atom is 0.268 e. The van der Waals surface area contributed by atoms with Crippen LogP contribution in [-0.2, 0) is 0 Å². The molecule has 3 aromatic rings. The van der Waals surface area contributed by atoms with Gasteiger partial charge in [0.2, 0.25) is 5.03 Å². The smallest absolute Gasteiger partial charge is 0.268 e. The van der Waals surface area contributed by atoms with Crippen LogP contribution < -0.4 is 4.40 Å². The number of furan rings is 1. The van der Waals surface area contributed by atoms with Crippen molar-refractivity contribution in [1.29, 1.82) is 0 Å². The summed E-state index contributed by atoms with van der Waals surface area (Å²) in [5.74, 6) is 0.925. The van der Waals surface area contributed by atoms with E-state index >= 15 is 0 Å². The van der Waals surface area contributed by atoms with Crippen LogP contribution in [0.25, 0.3) is 16.2 Å². The summed E-state index contributed by atoms with van der Waals surface area (Å²) in [6, 6.07) is 8.27. The fourth-order valence-corrected chi connectivity index (χ4v) is 3.58. The molecule has 3 heterocycles. The van der Waals surface area contributed by atoms with Crippen LogP contribution >= 0.6 is 23.1 Å². The predicted molar refractivity (Wildman–Crippen MR) is 71.7 cm³/mol. The number of nitrogens with zero attached hydrogens (tertiary/aromatic N) is 1. The molecule has 3 rings (SSSR count). The summed E-state index contributed by atoms with van der Waals surface area (Å²) in [5.41, 5.74) is 2.42. The lowest BCUT2D eigenvalue weighted by atomic mass is 10.2. The van der Waals surface area contributed by atoms with Gasteiger partial charge in [-0.15, -0.1) is 4.40 Å². The maximum absolute atomic E-state index is 5.46. The molecule has 0 spiro atoms. The fourth-order valence-electron chi connectivity index (χ4n) is 1.91. The number of aromatic nitrogens is 1. The predicted octanol–water partition coefficient (Wildman–Crippen LogP) is 3.78. The molecule has 3 aromatic heterocycles. The van der Waals surface area contributed by atoms with Gasteiger partial charge in [0.15, 0.2) is 5.69 Å². The molecule has 0 aliphatic carbocycles. The third kappa shape index (κ3) is 1.77. The molecule has 0 aliphatic rings. The maximum atomic E-state index is 5.46. The summed E-state index contributed by atoms with van der Waals surface area (Å²) in [6.07, 6.45) is 3.82. The van der Waals surface area contributed by atoms with Crippen molar-refractivity contribution in [3.63, 3.8) is 0 Å². The van der Waals surface area contributed by atoms with E-state index in [9.17, 15) is 0 Å². The minimum absolute atomic E-state index is 0.925. The van der Waals surface area contributed by atoms with Gasteiger partial charge in [-0.2, -0.15) is 0 Å². The molecule has 4 heteroatoms. The van der Waals surface area contributed by atoms with E-state index in [2.05, 4.69) is 35.1 Å². The molecule has 0 aliphatic heterocycles. The van der Waals surface area contributed by atoms with Crippen LogP contribution in [0, 0.1) is 6.92 Å². The van der Waals surface area contributed by atoms with Gasteiger partial charge in [-0.1, -0.05) is 23.1 Å². The third-order valence-corrected chi connectivity index (χ3v) is 4.44. The van der Waals surface area contributed by atoms with Crippen LogP contribution in [0.5, 0.6) is 0 Å². The van der Waals surface area contributed by atoms with Crippen LogP contribution in [0.15, 0.2) is 45.4 Å². The summed E-state index contributed by atoms with van der Waals surface area (Å²) >= 11 is 3.52. The second kappa shape index (κ2) is 4.20. The lowest BCUT2D eigenvalue weighted by molar-refractivity contribution is -0.558. The molecule has 0 unspecified atom stereocenters. The lowest BCUT2D eigenvalue weighted by Gasteiger charge is -1.98. The van der Waals surface area contributed by atoms with Crippen molar-refractivity contribution in [2.75, 3.05) is 6.26 Å². The molecule has 0 aromatic carbocycles. The van der Waals surface area contributed by atoms with E-state index in [1.807, 2.05) is 12.1 Å². The van der Waals surface area contributed by atoms with Crippen molar-refractivity contribution < 1.29 is 8.82 Å². The summed E-state index contributed by atoms with van der Waals surface area (Å²) < 4.78 is 7.74. The van der Waals surface area contributed by atoms with Gasteiger partial charge < -0.3 is 4.42 Å². The van der Waals surface area contributed by atoms with Crippen LogP contribution in [-0.4, -0.2) is 6.26 Å². The third-order valence-electron chi connectivity index (χ3n) is 2.72. The van der Waals surface area contributed by atoms with E-state index in [1.165, 1.54) is 15.6 Å². The monoisotopic (exact) mass is 262 g/mol. The lowest BCUT2D eigenvalue weighted by Crippen LogP contribution is -2.25. The molecular weight excluding hydrogens is 250 g/mol. The van der Waals surface area contributed by atoms with Crippen molar-refractivity contribution >= 4 is 27.9 Å². The Hall–Kier alpha value is -1.26. The van der Waals surface area contributed by atoms with Crippen molar-refractivity contribution in [2.24, 2.45) is 0 Å². The normalized spacial score (nSPS) is 11.2. The molecule has 0 N–H and O–H groups in total. The molecular formula is C13H12NOS2+. The van der Waals surface area contributed by atoms with Gasteiger partial charge in [-0.05, 0) is 18.4 Å². The second-order valence-electron chi connectivity index (χ2n) is 3.81. The van der Waals surface area contributed by atoms with E-state index in [1.54, 1.807) is 29.4 Å². The minimum Gasteiger partial charge on any atom is -0.464 e. The van der Waals surface area contributed by atoms with E-state index in [4.69, 9.17) is 4.42 Å². The largest absolute Gasteiger partial charge is 0.464 e. The Morgan fingerprint density at radius 2 is 2.24 bits per heavy atom. The van der Waals surface area contributed by atoms with Crippen molar-refractivity contribution in [3.8, 4) is 11.3 Å². The fraction of sp³-hybridized carbons (Fsp3) is 0.154. The zero-order valence-corrected chi connectivity index (χ0v) is 11.3. The van der Waals surface area contributed by atoms with Gasteiger partial charge >= 0.3 is 0 Å². The Bertz CT molecular complexity index is 655. The first kappa shape index (κ1) is 10.9. The van der Waals surface area contributed by atoms with Crippen molar-refractivity contribution in [2.45, 2.75) is 11.9 Å². The number of hydrogen-bond donors (Lipinski definition) is 0. The number of hydrogen-bond acceptors (Lipinski definition) is 3. The first-order valence-electron chi connectivity index (χ1n) is 5.31. The molecule has 0 radical (unpaired) electrons. The van der Waals surface area contributed by atoms with Crippen LogP contribution in [0.3, 0.4) is 0 Å². The number of rotatable bonds is 2. The number of aryl methyl sites for hydroxylation is 1. The Balaban J connectivity index is 2.29. The molecule has 17 heavy (non-hydrogen) atoms. The number of pyridine rings is 1. The number of fused-ring (bicyclic) bond motifs is 1. The second-order valence-corrected chi connectivity index (χ2v) is 5.53. The van der Waals surface area contributed by atoms with Gasteiger partial charge in [0.25, 0.3) is 4.83 Å². The Kier molecular flexibility index (Phi) is 2.68.